The van der Waals surface area contributed by atoms with E-state index in [1.54, 1.807) is 0 Å². The van der Waals surface area contributed by atoms with Crippen molar-refractivity contribution in [1.82, 2.24) is 5.32 Å². The molecule has 0 aromatic rings. The van der Waals surface area contributed by atoms with Crippen LogP contribution in [0.2, 0.25) is 0 Å². The van der Waals surface area contributed by atoms with Crippen molar-refractivity contribution in [3.05, 3.63) is 0 Å². The minimum Gasteiger partial charge on any atom is -0.394 e. The van der Waals surface area contributed by atoms with E-state index in [4.69, 9.17) is 23.7 Å². The van der Waals surface area contributed by atoms with Gasteiger partial charge in [-0.25, -0.2) is 0 Å². The van der Waals surface area contributed by atoms with Gasteiger partial charge in [-0.2, -0.15) is 0 Å². The summed E-state index contributed by atoms with van der Waals surface area (Å²) in [7, 11) is 0. The average Bonchev–Trinajstić information content (AvgIpc) is 3.05. The zero-order valence-corrected chi connectivity index (χ0v) is 25.9. The van der Waals surface area contributed by atoms with Gasteiger partial charge in [-0.1, -0.05) is 0 Å². The lowest BCUT2D eigenvalue weighted by molar-refractivity contribution is -0.381. The molecular formula is C26H45NO22. The first kappa shape index (κ1) is 40.4. The molecule has 4 rings (SSSR count). The maximum atomic E-state index is 14.3. The second-order valence-electron chi connectivity index (χ2n) is 12.9. The van der Waals surface area contributed by atoms with Crippen LogP contribution in [-0.4, -0.2) is 222 Å². The zero-order chi connectivity index (χ0) is 37.1. The Balaban J connectivity index is 1.76. The number of aliphatic hydroxyl groups is 16. The Hall–Kier alpha value is -1.37. The maximum Gasteiger partial charge on any atom is 0.231 e. The predicted octanol–water partition coefficient (Wildman–Crippen LogP) is -11.0. The van der Waals surface area contributed by atoms with E-state index < -0.39 is 146 Å². The van der Waals surface area contributed by atoms with Gasteiger partial charge in [0.05, 0.1) is 13.2 Å². The third-order valence-electron chi connectivity index (χ3n) is 9.72. The molecule has 4 aliphatic heterocycles. The van der Waals surface area contributed by atoms with Crippen LogP contribution in [0.25, 0.3) is 0 Å². The van der Waals surface area contributed by atoms with Crippen LogP contribution in [0.1, 0.15) is 13.8 Å². The topological polar surface area (TPSA) is 399 Å². The summed E-state index contributed by atoms with van der Waals surface area (Å²) in [5.41, 5.74) is -8.40. The van der Waals surface area contributed by atoms with E-state index in [0.717, 1.165) is 13.8 Å². The zero-order valence-electron chi connectivity index (χ0n) is 25.9. The maximum absolute atomic E-state index is 14.3. The van der Waals surface area contributed by atoms with E-state index in [9.17, 15) is 86.5 Å². The van der Waals surface area contributed by atoms with Gasteiger partial charge in [0.2, 0.25) is 5.91 Å². The van der Waals surface area contributed by atoms with Crippen LogP contribution in [0.4, 0.5) is 0 Å². The van der Waals surface area contributed by atoms with Crippen LogP contribution >= 0.6 is 0 Å². The van der Waals surface area contributed by atoms with Gasteiger partial charge in [0.1, 0.15) is 96.5 Å². The first-order valence-electron chi connectivity index (χ1n) is 15.0. The van der Waals surface area contributed by atoms with Crippen LogP contribution in [0.3, 0.4) is 0 Å². The quantitative estimate of drug-likeness (QED) is 0.110. The normalized spacial score (nSPS) is 54.7. The Morgan fingerprint density at radius 2 is 1.08 bits per heavy atom. The van der Waals surface area contributed by atoms with Gasteiger partial charge in [0, 0.05) is 0 Å². The lowest BCUT2D eigenvalue weighted by Gasteiger charge is -2.57. The summed E-state index contributed by atoms with van der Waals surface area (Å²) in [5, 5.41) is 169. The molecule has 0 radical (unpaired) electrons. The van der Waals surface area contributed by atoms with Gasteiger partial charge in [-0.05, 0) is 13.8 Å². The summed E-state index contributed by atoms with van der Waals surface area (Å²) in [6.45, 7) is -0.736. The fourth-order valence-electron chi connectivity index (χ4n) is 6.78. The Kier molecular flexibility index (Phi) is 12.0. The summed E-state index contributed by atoms with van der Waals surface area (Å²) in [6, 6.07) is 0. The van der Waals surface area contributed by atoms with Gasteiger partial charge < -0.3 is 111 Å². The minimum absolute atomic E-state index is 0.860. The average molecular weight is 724 g/mol. The number of hydrogen-bond donors (Lipinski definition) is 17. The Bertz CT molecular complexity index is 1110. The fourth-order valence-corrected chi connectivity index (χ4v) is 6.78. The predicted molar refractivity (Wildman–Crippen MR) is 146 cm³/mol. The number of aliphatic hydroxyl groups excluding tert-OH is 16. The van der Waals surface area contributed by atoms with Crippen molar-refractivity contribution in [1.29, 1.82) is 0 Å². The van der Waals surface area contributed by atoms with Gasteiger partial charge in [0.25, 0.3) is 0 Å². The van der Waals surface area contributed by atoms with Crippen LogP contribution in [0.5, 0.6) is 0 Å². The highest BCUT2D eigenvalue weighted by atomic mass is 16.7. The first-order valence-corrected chi connectivity index (χ1v) is 15.0. The molecule has 286 valence electrons. The molecule has 20 atom stereocenters. The number of amides is 1. The molecule has 0 aromatic heterocycles. The van der Waals surface area contributed by atoms with Crippen molar-refractivity contribution < 1.29 is 110 Å². The molecule has 4 fully saturated rings. The van der Waals surface area contributed by atoms with Gasteiger partial charge in [-0.15, -0.1) is 0 Å². The molecule has 0 bridgehead atoms. The van der Waals surface area contributed by atoms with Crippen molar-refractivity contribution in [2.24, 2.45) is 5.92 Å². The van der Waals surface area contributed by atoms with Crippen LogP contribution in [0.15, 0.2) is 0 Å². The van der Waals surface area contributed by atoms with Crippen LogP contribution in [-0.2, 0) is 28.5 Å². The molecule has 4 aliphatic rings. The third-order valence-corrected chi connectivity index (χ3v) is 9.72. The molecule has 23 nitrogen and oxygen atoms in total. The molecular weight excluding hydrogens is 678 g/mol. The smallest absolute Gasteiger partial charge is 0.231 e. The van der Waals surface area contributed by atoms with Crippen molar-refractivity contribution in [2.75, 3.05) is 13.2 Å². The van der Waals surface area contributed by atoms with Gasteiger partial charge in [-0.3, -0.25) is 4.79 Å². The lowest BCUT2D eigenvalue weighted by atomic mass is 9.66. The second-order valence-corrected chi connectivity index (χ2v) is 12.9. The number of rotatable bonds is 8. The summed E-state index contributed by atoms with van der Waals surface area (Å²) < 4.78 is 26.6. The summed E-state index contributed by atoms with van der Waals surface area (Å²) in [5.74, 6) is -4.07. The summed E-state index contributed by atoms with van der Waals surface area (Å²) in [4.78, 5) is 14.3. The lowest BCUT2D eigenvalue weighted by Crippen LogP contribution is -2.79. The molecule has 4 saturated heterocycles. The highest BCUT2D eigenvalue weighted by Gasteiger charge is 2.68. The number of nitrogens with one attached hydrogen (secondary N) is 1. The molecule has 0 aliphatic carbocycles. The van der Waals surface area contributed by atoms with E-state index in [1.807, 2.05) is 5.32 Å². The Morgan fingerprint density at radius 1 is 0.633 bits per heavy atom. The highest BCUT2D eigenvalue weighted by molar-refractivity contribution is 5.82. The molecule has 0 spiro atoms. The van der Waals surface area contributed by atoms with E-state index in [0.29, 0.717) is 0 Å². The molecule has 17 N–H and O–H groups in total. The highest BCUT2D eigenvalue weighted by Crippen LogP contribution is 2.46. The van der Waals surface area contributed by atoms with Gasteiger partial charge in [0.15, 0.2) is 30.9 Å². The monoisotopic (exact) mass is 723 g/mol. The molecule has 1 amide bonds. The van der Waals surface area contributed by atoms with Crippen LogP contribution < -0.4 is 5.32 Å². The van der Waals surface area contributed by atoms with Crippen LogP contribution in [0, 0.1) is 5.92 Å². The Morgan fingerprint density at radius 3 is 1.53 bits per heavy atom. The van der Waals surface area contributed by atoms with Crippen molar-refractivity contribution in [3.63, 3.8) is 0 Å². The molecule has 0 saturated carbocycles. The summed E-state index contributed by atoms with van der Waals surface area (Å²) >= 11 is 0. The molecule has 2 unspecified atom stereocenters. The van der Waals surface area contributed by atoms with E-state index in [-0.39, 0.29) is 0 Å². The Labute approximate surface area is 276 Å². The van der Waals surface area contributed by atoms with Gasteiger partial charge >= 0.3 is 0 Å². The molecule has 0 aromatic carbocycles. The third kappa shape index (κ3) is 6.71. The molecule has 49 heavy (non-hydrogen) atoms. The number of hydrogen-bond acceptors (Lipinski definition) is 22. The second kappa shape index (κ2) is 14.6. The molecule has 4 heterocycles. The number of carbonyl (C=O) groups is 1. The number of carbonyl (C=O) groups excluding carboxylic acids is 1. The fraction of sp³-hybridized carbons (Fsp3) is 0.962. The minimum atomic E-state index is -2.98. The largest absolute Gasteiger partial charge is 0.394 e. The standard InChI is InChI=1S/C26H45NO22/c1-24(16(38)7(31)11(35)21(43)47-24)15(25(2)17(39)8(32)12(36)22(44)48-25)19(41)27-26(4-29)18(40)9(33)13(37)23(49-26)46-14-5(3-28)45-20(42)10(34)6(14)30/h5-18,20-23,28-40,42-44H,3-4H2,1-2H3,(H,27,41)/t5-,6-,7+,8+,9-,10-,11+,12+,13-,14-,15?,16+,17+,18-,20-,21?,22?,23+,24+,25+,26-/m1/s1. The van der Waals surface area contributed by atoms with Crippen molar-refractivity contribution >= 4 is 5.91 Å². The molecule has 23 heteroatoms. The first-order chi connectivity index (χ1) is 22.6. The van der Waals surface area contributed by atoms with E-state index in [1.165, 1.54) is 0 Å². The van der Waals surface area contributed by atoms with E-state index >= 15 is 0 Å². The van der Waals surface area contributed by atoms with E-state index in [2.05, 4.69) is 0 Å². The number of ether oxygens (including phenoxy) is 5. The SMILES string of the molecule is C[C@@]1(C(C(=O)N[C@]2(CO)O[C@H](O[C@H]3[C@H](O)[C@@H](O)[C@H](O)O[C@@H]3CO)[C@H](O)[C@@H](O)[C@H]2O)[C@]2(C)OC(O)[C@@H](O)[C@H](O)[C@@H]2O)OC(O)[C@@H](O)[C@H](O)[C@@H]1O. The van der Waals surface area contributed by atoms with Crippen molar-refractivity contribution in [2.45, 2.75) is 135 Å². The van der Waals surface area contributed by atoms with Crippen molar-refractivity contribution in [3.8, 4) is 0 Å². The summed E-state index contributed by atoms with van der Waals surface area (Å²) in [6.07, 6.45) is -37.3.